The van der Waals surface area contributed by atoms with Gasteiger partial charge in [0.2, 0.25) is 0 Å². The molecule has 1 aliphatic carbocycles. The molecule has 2 fully saturated rings. The molecule has 1 saturated heterocycles. The normalized spacial score (nSPS) is 26.6. The highest BCUT2D eigenvalue weighted by atomic mass is 16.3. The summed E-state index contributed by atoms with van der Waals surface area (Å²) in [5.41, 5.74) is -0.669. The summed E-state index contributed by atoms with van der Waals surface area (Å²) in [4.78, 5) is 16.4. The third-order valence-electron chi connectivity index (χ3n) is 5.06. The average Bonchev–Trinajstić information content (AvgIpc) is 2.84. The van der Waals surface area contributed by atoms with Crippen molar-refractivity contribution < 1.29 is 9.90 Å². The molecule has 0 aromatic carbocycles. The molecule has 128 valence electrons. The van der Waals surface area contributed by atoms with E-state index in [2.05, 4.69) is 24.1 Å². The lowest BCUT2D eigenvalue weighted by molar-refractivity contribution is 0.0243. The molecule has 0 radical (unpaired) electrons. The van der Waals surface area contributed by atoms with Crippen molar-refractivity contribution in [1.29, 1.82) is 0 Å². The molecule has 0 spiro atoms. The number of amides is 2. The molecule has 2 aliphatic rings. The molecule has 5 heteroatoms. The van der Waals surface area contributed by atoms with Crippen LogP contribution in [0.15, 0.2) is 0 Å². The van der Waals surface area contributed by atoms with Crippen molar-refractivity contribution in [3.8, 4) is 0 Å². The Hall–Kier alpha value is -0.810. The van der Waals surface area contributed by atoms with Crippen LogP contribution in [0.2, 0.25) is 0 Å². The topological polar surface area (TPSA) is 55.8 Å². The van der Waals surface area contributed by atoms with Crippen molar-refractivity contribution in [1.82, 2.24) is 15.1 Å². The number of piperidine rings is 1. The molecule has 2 atom stereocenters. The second kappa shape index (κ2) is 7.64. The fraction of sp³-hybridized carbons (Fsp3) is 0.941. The van der Waals surface area contributed by atoms with E-state index < -0.39 is 5.60 Å². The van der Waals surface area contributed by atoms with Gasteiger partial charge < -0.3 is 20.2 Å². The van der Waals surface area contributed by atoms with Gasteiger partial charge in [-0.1, -0.05) is 19.8 Å². The van der Waals surface area contributed by atoms with E-state index in [1.165, 1.54) is 12.8 Å². The summed E-state index contributed by atoms with van der Waals surface area (Å²) >= 11 is 0. The minimum absolute atomic E-state index is 0.0714. The van der Waals surface area contributed by atoms with Gasteiger partial charge in [-0.2, -0.15) is 0 Å². The van der Waals surface area contributed by atoms with Gasteiger partial charge >= 0.3 is 6.03 Å². The van der Waals surface area contributed by atoms with Crippen LogP contribution in [0.1, 0.15) is 52.4 Å². The van der Waals surface area contributed by atoms with Crippen LogP contribution < -0.4 is 5.32 Å². The van der Waals surface area contributed by atoms with Gasteiger partial charge in [0.15, 0.2) is 0 Å². The Bertz CT molecular complexity index is 369. The predicted molar refractivity (Wildman–Crippen MR) is 88.9 cm³/mol. The Morgan fingerprint density at radius 3 is 2.73 bits per heavy atom. The average molecular weight is 311 g/mol. The fourth-order valence-electron chi connectivity index (χ4n) is 3.91. The van der Waals surface area contributed by atoms with Crippen LogP contribution in [0, 0.1) is 5.92 Å². The van der Waals surface area contributed by atoms with Gasteiger partial charge in [0.25, 0.3) is 0 Å². The van der Waals surface area contributed by atoms with Crippen LogP contribution in [0.3, 0.4) is 0 Å². The zero-order chi connectivity index (χ0) is 16.2. The summed E-state index contributed by atoms with van der Waals surface area (Å²) in [5.74, 6) is 0.760. The first-order chi connectivity index (χ1) is 10.4. The summed E-state index contributed by atoms with van der Waals surface area (Å²) in [6.07, 6.45) is 6.33. The minimum Gasteiger partial charge on any atom is -0.388 e. The number of carbonyl (C=O) groups is 1. The zero-order valence-electron chi connectivity index (χ0n) is 14.5. The van der Waals surface area contributed by atoms with Crippen molar-refractivity contribution in [2.75, 3.05) is 33.2 Å². The van der Waals surface area contributed by atoms with Crippen LogP contribution in [0.5, 0.6) is 0 Å². The number of carbonyl (C=O) groups excluding carboxylic acids is 1. The number of likely N-dealkylation sites (tertiary alicyclic amines) is 1. The van der Waals surface area contributed by atoms with Gasteiger partial charge in [-0.05, 0) is 45.1 Å². The standard InChI is InChI=1S/C17H33N3O2/c1-14-7-6-10-20(11-14)12-15(2)18-16(21)19(3)13-17(22)8-4-5-9-17/h14-15,22H,4-13H2,1-3H3,(H,18,21). The SMILES string of the molecule is CC1CCCN(CC(C)NC(=O)N(C)CC2(O)CCCC2)C1. The first kappa shape index (κ1) is 17.5. The molecule has 2 rings (SSSR count). The molecule has 0 bridgehead atoms. The van der Waals surface area contributed by atoms with Gasteiger partial charge in [0.05, 0.1) is 12.1 Å². The van der Waals surface area contributed by atoms with Crippen LogP contribution in [0.25, 0.3) is 0 Å². The highest BCUT2D eigenvalue weighted by Crippen LogP contribution is 2.29. The summed E-state index contributed by atoms with van der Waals surface area (Å²) in [7, 11) is 1.78. The van der Waals surface area contributed by atoms with E-state index in [0.29, 0.717) is 6.54 Å². The molecule has 0 aromatic heterocycles. The highest BCUT2D eigenvalue weighted by Gasteiger charge is 2.33. The van der Waals surface area contributed by atoms with Crippen molar-refractivity contribution in [3.63, 3.8) is 0 Å². The number of nitrogens with one attached hydrogen (secondary N) is 1. The summed E-state index contributed by atoms with van der Waals surface area (Å²) in [5, 5.41) is 13.5. The molecule has 1 saturated carbocycles. The van der Waals surface area contributed by atoms with Gasteiger partial charge in [-0.25, -0.2) is 4.79 Å². The zero-order valence-corrected chi connectivity index (χ0v) is 14.5. The molecular formula is C17H33N3O2. The smallest absolute Gasteiger partial charge is 0.317 e. The second-order valence-corrected chi connectivity index (χ2v) is 7.65. The third-order valence-corrected chi connectivity index (χ3v) is 5.06. The number of likely N-dealkylation sites (N-methyl/N-ethyl adjacent to an activating group) is 1. The third kappa shape index (κ3) is 5.13. The van der Waals surface area contributed by atoms with Crippen molar-refractivity contribution in [3.05, 3.63) is 0 Å². The second-order valence-electron chi connectivity index (χ2n) is 7.65. The quantitative estimate of drug-likeness (QED) is 0.817. The first-order valence-electron chi connectivity index (χ1n) is 8.84. The largest absolute Gasteiger partial charge is 0.388 e. The molecule has 2 amide bonds. The highest BCUT2D eigenvalue weighted by molar-refractivity contribution is 5.74. The Kier molecular flexibility index (Phi) is 6.09. The van der Waals surface area contributed by atoms with E-state index in [1.54, 1.807) is 11.9 Å². The molecule has 1 heterocycles. The maximum atomic E-state index is 12.3. The number of hydrogen-bond donors (Lipinski definition) is 2. The molecular weight excluding hydrogens is 278 g/mol. The Balaban J connectivity index is 1.73. The van der Waals surface area contributed by atoms with Crippen LogP contribution in [-0.4, -0.2) is 65.8 Å². The molecule has 5 nitrogen and oxygen atoms in total. The molecule has 0 aromatic rings. The molecule has 2 N–H and O–H groups in total. The van der Waals surface area contributed by atoms with Crippen molar-refractivity contribution in [2.24, 2.45) is 5.92 Å². The van der Waals surface area contributed by atoms with E-state index in [-0.39, 0.29) is 12.1 Å². The lowest BCUT2D eigenvalue weighted by Crippen LogP contribution is -2.51. The number of nitrogens with zero attached hydrogens (tertiary/aromatic N) is 2. The van der Waals surface area contributed by atoms with Crippen molar-refractivity contribution in [2.45, 2.75) is 64.0 Å². The van der Waals surface area contributed by atoms with Crippen LogP contribution in [0.4, 0.5) is 4.79 Å². The maximum absolute atomic E-state index is 12.3. The molecule has 22 heavy (non-hydrogen) atoms. The van der Waals surface area contributed by atoms with Gasteiger partial charge in [-0.15, -0.1) is 0 Å². The monoisotopic (exact) mass is 311 g/mol. The van der Waals surface area contributed by atoms with Crippen molar-refractivity contribution >= 4 is 6.03 Å². The van der Waals surface area contributed by atoms with E-state index >= 15 is 0 Å². The van der Waals surface area contributed by atoms with Gasteiger partial charge in [0.1, 0.15) is 0 Å². The Morgan fingerprint density at radius 2 is 2.09 bits per heavy atom. The van der Waals surface area contributed by atoms with Crippen LogP contribution in [-0.2, 0) is 0 Å². The summed E-state index contributed by atoms with van der Waals surface area (Å²) in [6, 6.07) is 0.0661. The van der Waals surface area contributed by atoms with Crippen LogP contribution >= 0.6 is 0 Å². The summed E-state index contributed by atoms with van der Waals surface area (Å²) < 4.78 is 0. The number of aliphatic hydroxyl groups is 1. The van der Waals surface area contributed by atoms with E-state index in [1.807, 2.05) is 0 Å². The lowest BCUT2D eigenvalue weighted by Gasteiger charge is -2.34. The maximum Gasteiger partial charge on any atom is 0.317 e. The predicted octanol–water partition coefficient (Wildman–Crippen LogP) is 2.05. The number of urea groups is 1. The van der Waals surface area contributed by atoms with E-state index in [0.717, 1.165) is 51.2 Å². The van der Waals surface area contributed by atoms with Gasteiger partial charge in [0, 0.05) is 26.2 Å². The number of rotatable bonds is 5. The van der Waals surface area contributed by atoms with Gasteiger partial charge in [-0.3, -0.25) is 0 Å². The Morgan fingerprint density at radius 1 is 1.41 bits per heavy atom. The molecule has 2 unspecified atom stereocenters. The fourth-order valence-corrected chi connectivity index (χ4v) is 3.91. The Labute approximate surface area is 135 Å². The number of hydrogen-bond acceptors (Lipinski definition) is 3. The first-order valence-corrected chi connectivity index (χ1v) is 8.84. The lowest BCUT2D eigenvalue weighted by atomic mass is 10.00. The minimum atomic E-state index is -0.669. The molecule has 1 aliphatic heterocycles. The summed E-state index contributed by atoms with van der Waals surface area (Å²) in [6.45, 7) is 7.98. The van der Waals surface area contributed by atoms with E-state index in [9.17, 15) is 9.90 Å². The van der Waals surface area contributed by atoms with E-state index in [4.69, 9.17) is 0 Å².